The second-order valence-corrected chi connectivity index (χ2v) is 4.39. The number of para-hydroxylation sites is 1. The highest BCUT2D eigenvalue weighted by Crippen LogP contribution is 2.17. The summed E-state index contributed by atoms with van der Waals surface area (Å²) < 4.78 is 0. The third kappa shape index (κ3) is 3.04. The van der Waals surface area contributed by atoms with Gasteiger partial charge in [-0.05, 0) is 0 Å². The van der Waals surface area contributed by atoms with Gasteiger partial charge in [0.1, 0.15) is 0 Å². The van der Waals surface area contributed by atoms with Gasteiger partial charge in [0.05, 0.1) is 11.3 Å². The van der Waals surface area contributed by atoms with Crippen LogP contribution >= 0.6 is 0 Å². The van der Waals surface area contributed by atoms with Gasteiger partial charge < -0.3 is 10.6 Å². The second kappa shape index (κ2) is 5.59. The Labute approximate surface area is 105 Å². The number of nitrogens with one attached hydrogen (secondary N) is 2. The van der Waals surface area contributed by atoms with Crippen LogP contribution < -0.4 is 10.6 Å². The van der Waals surface area contributed by atoms with E-state index in [1.54, 1.807) is 18.2 Å². The molecule has 2 rings (SSSR count). The molecule has 1 saturated heterocycles. The number of carbonyl (C=O) groups excluding carboxylic acids is 1. The summed E-state index contributed by atoms with van der Waals surface area (Å²) in [6.45, 7) is 2.48. The number of rotatable bonds is 5. The van der Waals surface area contributed by atoms with Crippen LogP contribution in [0.5, 0.6) is 0 Å². The van der Waals surface area contributed by atoms with Crippen molar-refractivity contribution in [1.82, 2.24) is 10.6 Å². The minimum absolute atomic E-state index is 0.00189. The molecule has 0 aromatic heterocycles. The zero-order valence-corrected chi connectivity index (χ0v) is 9.89. The normalized spacial score (nSPS) is 14.9. The lowest BCUT2D eigenvalue weighted by Crippen LogP contribution is -2.48. The minimum Gasteiger partial charge on any atom is -0.355 e. The molecule has 1 fully saturated rings. The number of carbonyl (C=O) groups is 1. The second-order valence-electron chi connectivity index (χ2n) is 4.39. The van der Waals surface area contributed by atoms with Gasteiger partial charge >= 0.3 is 0 Å². The summed E-state index contributed by atoms with van der Waals surface area (Å²) in [5.41, 5.74) is 0.449. The first-order chi connectivity index (χ1) is 8.66. The van der Waals surface area contributed by atoms with Gasteiger partial charge in [0.2, 0.25) is 5.91 Å². The van der Waals surface area contributed by atoms with Gasteiger partial charge in [-0.3, -0.25) is 14.9 Å². The molecule has 0 unspecified atom stereocenters. The highest BCUT2D eigenvalue weighted by molar-refractivity contribution is 5.79. The van der Waals surface area contributed by atoms with E-state index in [2.05, 4.69) is 10.6 Å². The molecule has 96 valence electrons. The van der Waals surface area contributed by atoms with Crippen LogP contribution in [0.3, 0.4) is 0 Å². The number of nitro groups is 1. The lowest BCUT2D eigenvalue weighted by molar-refractivity contribution is -0.385. The predicted octanol–water partition coefficient (Wildman–Crippen LogP) is 0.473. The van der Waals surface area contributed by atoms with Gasteiger partial charge in [-0.25, -0.2) is 0 Å². The zero-order valence-electron chi connectivity index (χ0n) is 9.89. The van der Waals surface area contributed by atoms with Crippen LogP contribution in [-0.2, 0) is 11.2 Å². The number of nitro benzene ring substituents is 1. The van der Waals surface area contributed by atoms with E-state index in [0.717, 1.165) is 13.1 Å². The van der Waals surface area contributed by atoms with Gasteiger partial charge in [-0.15, -0.1) is 0 Å². The zero-order chi connectivity index (χ0) is 13.0. The standard InChI is InChI=1S/C12H15N3O3/c16-12(14-8-9-6-13-7-9)5-10-3-1-2-4-11(10)15(17)18/h1-4,9,13H,5-8H2,(H,14,16). The molecule has 0 radical (unpaired) electrons. The first-order valence-electron chi connectivity index (χ1n) is 5.86. The van der Waals surface area contributed by atoms with Gasteiger partial charge in [0, 0.05) is 37.2 Å². The molecule has 1 amide bonds. The lowest BCUT2D eigenvalue weighted by atomic mass is 10.0. The smallest absolute Gasteiger partial charge is 0.273 e. The highest BCUT2D eigenvalue weighted by atomic mass is 16.6. The maximum Gasteiger partial charge on any atom is 0.273 e. The SMILES string of the molecule is O=C(Cc1ccccc1[N+](=O)[O-])NCC1CNC1. The minimum atomic E-state index is -0.460. The molecular formula is C12H15N3O3. The topological polar surface area (TPSA) is 84.3 Å². The van der Waals surface area contributed by atoms with E-state index in [1.165, 1.54) is 6.07 Å². The Morgan fingerprint density at radius 2 is 2.17 bits per heavy atom. The van der Waals surface area contributed by atoms with E-state index in [4.69, 9.17) is 0 Å². The largest absolute Gasteiger partial charge is 0.355 e. The molecule has 1 aliphatic rings. The Balaban J connectivity index is 1.91. The third-order valence-electron chi connectivity index (χ3n) is 2.99. The monoisotopic (exact) mass is 249 g/mol. The summed E-state index contributed by atoms with van der Waals surface area (Å²) in [5.74, 6) is 0.316. The third-order valence-corrected chi connectivity index (χ3v) is 2.99. The Morgan fingerprint density at radius 3 is 2.78 bits per heavy atom. The van der Waals surface area contributed by atoms with E-state index in [-0.39, 0.29) is 18.0 Å². The molecule has 6 nitrogen and oxygen atoms in total. The van der Waals surface area contributed by atoms with Crippen LogP contribution in [0.15, 0.2) is 24.3 Å². The molecule has 1 heterocycles. The predicted molar refractivity (Wildman–Crippen MR) is 66.2 cm³/mol. The molecule has 0 saturated carbocycles. The van der Waals surface area contributed by atoms with Crippen molar-refractivity contribution in [2.45, 2.75) is 6.42 Å². The van der Waals surface area contributed by atoms with E-state index < -0.39 is 4.92 Å². The van der Waals surface area contributed by atoms with Crippen LogP contribution in [0.25, 0.3) is 0 Å². The number of benzene rings is 1. The number of nitrogens with zero attached hydrogens (tertiary/aromatic N) is 1. The van der Waals surface area contributed by atoms with Crippen LogP contribution in [0, 0.1) is 16.0 Å². The van der Waals surface area contributed by atoms with Crippen LogP contribution in [0.1, 0.15) is 5.56 Å². The first-order valence-corrected chi connectivity index (χ1v) is 5.86. The molecule has 1 aromatic rings. The summed E-state index contributed by atoms with van der Waals surface area (Å²) in [5, 5.41) is 16.7. The van der Waals surface area contributed by atoms with E-state index in [9.17, 15) is 14.9 Å². The molecule has 6 heteroatoms. The molecule has 18 heavy (non-hydrogen) atoms. The molecule has 1 aliphatic heterocycles. The van der Waals surface area contributed by atoms with Crippen molar-refractivity contribution in [3.63, 3.8) is 0 Å². The Kier molecular flexibility index (Phi) is 3.88. The maximum atomic E-state index is 11.7. The van der Waals surface area contributed by atoms with Gasteiger partial charge in [-0.2, -0.15) is 0 Å². The lowest BCUT2D eigenvalue weighted by Gasteiger charge is -2.27. The van der Waals surface area contributed by atoms with Crippen molar-refractivity contribution in [2.75, 3.05) is 19.6 Å². The number of hydrogen-bond acceptors (Lipinski definition) is 4. The average molecular weight is 249 g/mol. The fourth-order valence-electron chi connectivity index (χ4n) is 1.82. The molecule has 0 spiro atoms. The van der Waals surface area contributed by atoms with E-state index >= 15 is 0 Å². The summed E-state index contributed by atoms with van der Waals surface area (Å²) in [6, 6.07) is 6.33. The van der Waals surface area contributed by atoms with Gasteiger partial charge in [0.15, 0.2) is 0 Å². The molecule has 0 bridgehead atoms. The summed E-state index contributed by atoms with van der Waals surface area (Å²) in [7, 11) is 0. The molecule has 0 aliphatic carbocycles. The molecule has 1 aromatic carbocycles. The van der Waals surface area contributed by atoms with Crippen molar-refractivity contribution in [3.05, 3.63) is 39.9 Å². The van der Waals surface area contributed by atoms with Crippen molar-refractivity contribution >= 4 is 11.6 Å². The quantitative estimate of drug-likeness (QED) is 0.587. The van der Waals surface area contributed by atoms with Crippen molar-refractivity contribution in [2.24, 2.45) is 5.92 Å². The van der Waals surface area contributed by atoms with Gasteiger partial charge in [-0.1, -0.05) is 18.2 Å². The maximum absolute atomic E-state index is 11.7. The summed E-state index contributed by atoms with van der Waals surface area (Å²) >= 11 is 0. The summed E-state index contributed by atoms with van der Waals surface area (Å²) in [4.78, 5) is 22.0. The number of amides is 1. The Morgan fingerprint density at radius 1 is 1.44 bits per heavy atom. The van der Waals surface area contributed by atoms with Crippen molar-refractivity contribution in [3.8, 4) is 0 Å². The molecule has 0 atom stereocenters. The average Bonchev–Trinajstić information content (AvgIpc) is 2.27. The van der Waals surface area contributed by atoms with Crippen molar-refractivity contribution < 1.29 is 9.72 Å². The fraction of sp³-hybridized carbons (Fsp3) is 0.417. The van der Waals surface area contributed by atoms with Crippen LogP contribution in [0.4, 0.5) is 5.69 Å². The fourth-order valence-corrected chi connectivity index (χ4v) is 1.82. The number of hydrogen-bond donors (Lipinski definition) is 2. The molecular weight excluding hydrogens is 234 g/mol. The van der Waals surface area contributed by atoms with Crippen LogP contribution in [0.2, 0.25) is 0 Å². The Bertz CT molecular complexity index is 458. The van der Waals surface area contributed by atoms with Gasteiger partial charge in [0.25, 0.3) is 5.69 Å². The first kappa shape index (κ1) is 12.5. The Hall–Kier alpha value is -1.95. The highest BCUT2D eigenvalue weighted by Gasteiger charge is 2.19. The summed E-state index contributed by atoms with van der Waals surface area (Å²) in [6.07, 6.45) is 0.0529. The molecule has 2 N–H and O–H groups in total. The van der Waals surface area contributed by atoms with E-state index in [0.29, 0.717) is 18.0 Å². The van der Waals surface area contributed by atoms with Crippen molar-refractivity contribution in [1.29, 1.82) is 0 Å². The van der Waals surface area contributed by atoms with E-state index in [1.807, 2.05) is 0 Å². The van der Waals surface area contributed by atoms with Crippen LogP contribution in [-0.4, -0.2) is 30.5 Å².